The maximum atomic E-state index is 12.8. The van der Waals surface area contributed by atoms with Crippen LogP contribution in [-0.2, 0) is 23.8 Å². The molecule has 0 amide bonds. The van der Waals surface area contributed by atoms with Crippen LogP contribution >= 0.6 is 0 Å². The lowest BCUT2D eigenvalue weighted by Gasteiger charge is -2.18. The second kappa shape index (κ2) is 60.8. The summed E-state index contributed by atoms with van der Waals surface area (Å²) in [6.07, 6.45) is 90.0. The maximum Gasteiger partial charge on any atom is 0.306 e. The van der Waals surface area contributed by atoms with Crippen molar-refractivity contribution in [2.45, 2.75) is 232 Å². The molecule has 5 nitrogen and oxygen atoms in total. The third kappa shape index (κ3) is 58.1. The number of hydrogen-bond acceptors (Lipinski definition) is 5. The van der Waals surface area contributed by atoms with Crippen LogP contribution in [0.2, 0.25) is 0 Å². The Morgan fingerprint density at radius 1 is 0.319 bits per heavy atom. The number of ether oxygens (including phenoxy) is 3. The first kappa shape index (κ1) is 67.5. The average molecular weight is 992 g/mol. The van der Waals surface area contributed by atoms with Crippen LogP contribution in [0.4, 0.5) is 0 Å². The molecule has 0 bridgehead atoms. The quantitative estimate of drug-likeness (QED) is 0.0345. The summed E-state index contributed by atoms with van der Waals surface area (Å²) in [5.41, 5.74) is 0. The van der Waals surface area contributed by atoms with Gasteiger partial charge in [0, 0.05) is 19.4 Å². The van der Waals surface area contributed by atoms with Crippen LogP contribution in [0.25, 0.3) is 0 Å². The number of carbonyl (C=O) groups excluding carboxylic acids is 2. The van der Waals surface area contributed by atoms with Crippen molar-refractivity contribution in [3.8, 4) is 0 Å². The molecular formula is C67H106O5. The minimum absolute atomic E-state index is 0.0106. The molecule has 0 fully saturated rings. The minimum Gasteiger partial charge on any atom is -0.462 e. The van der Waals surface area contributed by atoms with Gasteiger partial charge >= 0.3 is 11.9 Å². The molecule has 0 saturated heterocycles. The van der Waals surface area contributed by atoms with Crippen molar-refractivity contribution in [2.75, 3.05) is 19.8 Å². The van der Waals surface area contributed by atoms with E-state index in [1.54, 1.807) is 0 Å². The second-order valence-corrected chi connectivity index (χ2v) is 18.4. The fraction of sp³-hybridized carbons (Fsp3) is 0.582. The van der Waals surface area contributed by atoms with Crippen LogP contribution in [0, 0.1) is 0 Å². The van der Waals surface area contributed by atoms with Gasteiger partial charge < -0.3 is 14.2 Å². The zero-order valence-electron chi connectivity index (χ0n) is 46.4. The monoisotopic (exact) mass is 991 g/mol. The Morgan fingerprint density at radius 2 is 0.653 bits per heavy atom. The highest BCUT2D eigenvalue weighted by atomic mass is 16.6. The van der Waals surface area contributed by atoms with Gasteiger partial charge in [-0.25, -0.2) is 0 Å². The second-order valence-electron chi connectivity index (χ2n) is 18.4. The van der Waals surface area contributed by atoms with Crippen LogP contribution in [-0.4, -0.2) is 37.9 Å². The van der Waals surface area contributed by atoms with E-state index in [1.807, 2.05) is 6.08 Å². The Morgan fingerprint density at radius 3 is 1.06 bits per heavy atom. The lowest BCUT2D eigenvalue weighted by atomic mass is 10.1. The van der Waals surface area contributed by atoms with E-state index in [2.05, 4.69) is 173 Å². The predicted molar refractivity (Wildman–Crippen MR) is 315 cm³/mol. The predicted octanol–water partition coefficient (Wildman–Crippen LogP) is 20.2. The van der Waals surface area contributed by atoms with E-state index in [0.717, 1.165) is 96.3 Å². The summed E-state index contributed by atoms with van der Waals surface area (Å²) < 4.78 is 17.4. The summed E-state index contributed by atoms with van der Waals surface area (Å²) in [5.74, 6) is -0.573. The van der Waals surface area contributed by atoms with Crippen LogP contribution in [0.5, 0.6) is 0 Å². The third-order valence-electron chi connectivity index (χ3n) is 11.5. The Bertz CT molecular complexity index is 1590. The lowest BCUT2D eigenvalue weighted by Crippen LogP contribution is -2.30. The van der Waals surface area contributed by atoms with E-state index in [0.29, 0.717) is 25.9 Å². The topological polar surface area (TPSA) is 61.8 Å². The molecule has 0 saturated carbocycles. The van der Waals surface area contributed by atoms with Gasteiger partial charge in [0.2, 0.25) is 0 Å². The van der Waals surface area contributed by atoms with Gasteiger partial charge in [-0.15, -0.1) is 0 Å². The highest BCUT2D eigenvalue weighted by Gasteiger charge is 2.17. The summed E-state index contributed by atoms with van der Waals surface area (Å²) in [6, 6.07) is 0. The van der Waals surface area contributed by atoms with Crippen molar-refractivity contribution >= 4 is 11.9 Å². The molecule has 1 atom stereocenters. The smallest absolute Gasteiger partial charge is 0.306 e. The van der Waals surface area contributed by atoms with E-state index in [1.165, 1.54) is 83.5 Å². The van der Waals surface area contributed by atoms with E-state index >= 15 is 0 Å². The van der Waals surface area contributed by atoms with Crippen molar-refractivity contribution in [1.29, 1.82) is 0 Å². The molecule has 404 valence electrons. The summed E-state index contributed by atoms with van der Waals surface area (Å²) in [7, 11) is 0. The molecule has 0 aromatic heterocycles. The molecule has 0 aromatic carbocycles. The number of esters is 2. The van der Waals surface area contributed by atoms with E-state index in [4.69, 9.17) is 14.2 Å². The number of unbranched alkanes of at least 4 members (excludes halogenated alkanes) is 14. The fourth-order valence-corrected chi connectivity index (χ4v) is 7.31. The van der Waals surface area contributed by atoms with Crippen molar-refractivity contribution in [3.63, 3.8) is 0 Å². The first-order valence-corrected chi connectivity index (χ1v) is 29.0. The lowest BCUT2D eigenvalue weighted by molar-refractivity contribution is -0.162. The normalized spacial score (nSPS) is 13.4. The first-order chi connectivity index (χ1) is 35.6. The summed E-state index contributed by atoms with van der Waals surface area (Å²) in [5, 5.41) is 0. The Kier molecular flexibility index (Phi) is 57.0. The average Bonchev–Trinajstić information content (AvgIpc) is 3.38. The number of carbonyl (C=O) groups is 2. The Labute approximate surface area is 444 Å². The zero-order valence-corrected chi connectivity index (χ0v) is 46.4. The molecule has 0 aliphatic carbocycles. The molecule has 72 heavy (non-hydrogen) atoms. The highest BCUT2D eigenvalue weighted by Crippen LogP contribution is 2.13. The van der Waals surface area contributed by atoms with E-state index in [9.17, 15) is 9.59 Å². The summed E-state index contributed by atoms with van der Waals surface area (Å²) >= 11 is 0. The van der Waals surface area contributed by atoms with Crippen LogP contribution in [0.1, 0.15) is 226 Å². The van der Waals surface area contributed by atoms with Gasteiger partial charge in [-0.05, 0) is 128 Å². The number of rotatable bonds is 51. The number of allylic oxidation sites excluding steroid dienone is 26. The van der Waals surface area contributed by atoms with E-state index in [-0.39, 0.29) is 31.6 Å². The molecule has 0 aliphatic rings. The van der Waals surface area contributed by atoms with Gasteiger partial charge in [0.25, 0.3) is 0 Å². The summed E-state index contributed by atoms with van der Waals surface area (Å²) in [6.45, 7) is 7.41. The largest absolute Gasteiger partial charge is 0.462 e. The first-order valence-electron chi connectivity index (χ1n) is 29.0. The van der Waals surface area contributed by atoms with Crippen molar-refractivity contribution in [2.24, 2.45) is 0 Å². The van der Waals surface area contributed by atoms with Gasteiger partial charge in [0.15, 0.2) is 6.10 Å². The molecule has 0 N–H and O–H groups in total. The number of hydrogen-bond donors (Lipinski definition) is 0. The van der Waals surface area contributed by atoms with Gasteiger partial charge in [-0.1, -0.05) is 243 Å². The summed E-state index contributed by atoms with van der Waals surface area (Å²) in [4.78, 5) is 25.5. The van der Waals surface area contributed by atoms with E-state index < -0.39 is 6.10 Å². The molecule has 0 aliphatic heterocycles. The SMILES string of the molecule is CC/C=C\C/C=C\C/C=C\C/C=C\C/C=C\C/C=C\CCC(=O)OCC(COCCCCCCCCCCCC/C=C\C/C=C\CCCCC)OC(=O)CCC/C=C\C/C=C\C/C=C\C/C=C\C/C=C\CC. The molecule has 0 spiro atoms. The molecule has 0 aromatic rings. The molecule has 0 rings (SSSR count). The van der Waals surface area contributed by atoms with Crippen molar-refractivity contribution < 1.29 is 23.8 Å². The van der Waals surface area contributed by atoms with Gasteiger partial charge in [0.1, 0.15) is 6.61 Å². The molecule has 0 heterocycles. The maximum absolute atomic E-state index is 12.8. The van der Waals surface area contributed by atoms with Crippen LogP contribution in [0.3, 0.4) is 0 Å². The minimum atomic E-state index is -0.612. The molecular weight excluding hydrogens is 885 g/mol. The molecule has 1 unspecified atom stereocenters. The molecule has 5 heteroatoms. The van der Waals surface area contributed by atoms with Crippen LogP contribution < -0.4 is 0 Å². The van der Waals surface area contributed by atoms with Crippen molar-refractivity contribution in [1.82, 2.24) is 0 Å². The fourth-order valence-electron chi connectivity index (χ4n) is 7.31. The van der Waals surface area contributed by atoms with Gasteiger partial charge in [0.05, 0.1) is 6.61 Å². The third-order valence-corrected chi connectivity index (χ3v) is 11.5. The highest BCUT2D eigenvalue weighted by molar-refractivity contribution is 5.70. The van der Waals surface area contributed by atoms with Crippen molar-refractivity contribution in [3.05, 3.63) is 158 Å². The Hall–Kier alpha value is -4.48. The Balaban J connectivity index is 4.50. The van der Waals surface area contributed by atoms with Gasteiger partial charge in [-0.3, -0.25) is 9.59 Å². The van der Waals surface area contributed by atoms with Gasteiger partial charge in [-0.2, -0.15) is 0 Å². The standard InChI is InChI=1S/C67H106O5/c1-4-7-10-13-16-19-22-25-28-31-33-35-38-41-44-47-50-53-56-59-62-70-63-65(72-67(69)61-58-55-52-49-46-43-40-36-30-27-24-21-18-15-12-9-6-3)64-71-66(68)60-57-54-51-48-45-42-39-37-34-32-29-26-23-20-17-14-11-8-5-2/h8-9,11-12,16-21,25-30,34,37,40,42-43,45,49,51-52,54,65H,4-7,10,13-15,22-24,31-33,35-36,38-39,41,44,46-48,50,53,55-64H2,1-3H3/b11-8-,12-9-,19-16-,20-17-,21-18-,28-25-,29-26-,30-27-,37-34-,43-40-,45-42-,52-49-,54-51-. The zero-order chi connectivity index (χ0) is 52.0. The van der Waals surface area contributed by atoms with Crippen LogP contribution in [0.15, 0.2) is 158 Å². The molecule has 0 radical (unpaired) electrons.